The van der Waals surface area contributed by atoms with Gasteiger partial charge in [-0.1, -0.05) is 0 Å². The molecule has 1 aliphatic carbocycles. The molecule has 3 rings (SSSR count). The van der Waals surface area contributed by atoms with Crippen LogP contribution in [0, 0.1) is 0 Å². The number of aliphatic hydroxyl groups excluding tert-OH is 8. The molecule has 50 heavy (non-hydrogen) atoms. The van der Waals surface area contributed by atoms with Crippen molar-refractivity contribution in [3.05, 3.63) is 0 Å². The third-order valence-corrected chi connectivity index (χ3v) is 7.51. The molecule has 28 heteroatoms. The van der Waals surface area contributed by atoms with Crippen LogP contribution >= 0.6 is 0 Å². The predicted octanol–water partition coefficient (Wildman–Crippen LogP) is -9.73. The standard InChI is InChI=1S/C22H43N5O13.2H2O4S/c23-2-1-8(29)20(36)27-7-3-6(25)18(39-22-16(34)15(33)13(31)9(4-24)37-22)17(35)19(7)40-21-14(32)11(26)12(30)10(5-28)38-21;2*1-5(2,3)4/h6-19,21-22,28-35H,1-5,23-26H2,(H,27,36);2*(H2,1,2,3,4)/t6-,7+,8-,9+,10+,11-,12?,13+,14?,15-,16+,17-,18+,19-,21?,22?;;/m0../s1. The number of hydrogen-bond acceptors (Lipinski definition) is 21. The maximum atomic E-state index is 12.6. The highest BCUT2D eigenvalue weighted by molar-refractivity contribution is 7.80. The molecule has 2 heterocycles. The first-order valence-corrected chi connectivity index (χ1v) is 17.3. The van der Waals surface area contributed by atoms with Gasteiger partial charge in [0, 0.05) is 12.6 Å². The largest absolute Gasteiger partial charge is 0.394 e. The first-order valence-electron chi connectivity index (χ1n) is 14.5. The maximum absolute atomic E-state index is 12.6. The molecule has 21 N–H and O–H groups in total. The van der Waals surface area contributed by atoms with E-state index >= 15 is 0 Å². The molecule has 3 fully saturated rings. The number of ether oxygens (including phenoxy) is 4. The van der Waals surface area contributed by atoms with Crippen molar-refractivity contribution in [1.82, 2.24) is 5.32 Å². The Labute approximate surface area is 285 Å². The fourth-order valence-corrected chi connectivity index (χ4v) is 5.07. The lowest BCUT2D eigenvalue weighted by Gasteiger charge is -2.49. The predicted molar refractivity (Wildman–Crippen MR) is 160 cm³/mol. The fraction of sp³-hybridized carbons (Fsp3) is 0.955. The van der Waals surface area contributed by atoms with E-state index in [1.54, 1.807) is 0 Å². The van der Waals surface area contributed by atoms with Crippen LogP contribution in [0.25, 0.3) is 0 Å². The third kappa shape index (κ3) is 14.5. The van der Waals surface area contributed by atoms with Gasteiger partial charge in [0.15, 0.2) is 12.6 Å². The molecule has 2 saturated heterocycles. The Balaban J connectivity index is 0.00000109. The molecule has 298 valence electrons. The molecule has 26 nitrogen and oxygen atoms in total. The van der Waals surface area contributed by atoms with Gasteiger partial charge in [0.25, 0.3) is 0 Å². The highest BCUT2D eigenvalue weighted by Crippen LogP contribution is 2.32. The molecule has 0 aromatic carbocycles. The van der Waals surface area contributed by atoms with Gasteiger partial charge >= 0.3 is 20.8 Å². The number of nitrogens with one attached hydrogen (secondary N) is 1. The smallest absolute Gasteiger partial charge is 0.394 e. The molecule has 0 bridgehead atoms. The van der Waals surface area contributed by atoms with Gasteiger partial charge in [0.05, 0.1) is 18.7 Å². The van der Waals surface area contributed by atoms with Crippen molar-refractivity contribution in [2.75, 3.05) is 19.7 Å². The van der Waals surface area contributed by atoms with Crippen molar-refractivity contribution in [1.29, 1.82) is 0 Å². The summed E-state index contributed by atoms with van der Waals surface area (Å²) in [6, 6.07) is -3.45. The molecule has 0 aromatic rings. The van der Waals surface area contributed by atoms with E-state index in [9.17, 15) is 45.6 Å². The highest BCUT2D eigenvalue weighted by atomic mass is 32.3. The van der Waals surface area contributed by atoms with Gasteiger partial charge in [-0.2, -0.15) is 16.8 Å². The third-order valence-electron chi connectivity index (χ3n) is 7.51. The Hall–Kier alpha value is -1.43. The lowest BCUT2D eigenvalue weighted by atomic mass is 9.83. The van der Waals surface area contributed by atoms with Crippen LogP contribution in [0.3, 0.4) is 0 Å². The van der Waals surface area contributed by atoms with E-state index in [1.165, 1.54) is 0 Å². The number of hydrogen-bond donors (Lipinski definition) is 17. The first-order chi connectivity index (χ1) is 22.9. The monoisotopic (exact) mass is 781 g/mol. The summed E-state index contributed by atoms with van der Waals surface area (Å²) >= 11 is 0. The lowest BCUT2D eigenvalue weighted by molar-refractivity contribution is -0.332. The Morgan fingerprint density at radius 1 is 0.760 bits per heavy atom. The summed E-state index contributed by atoms with van der Waals surface area (Å²) in [5.74, 6) is -0.845. The van der Waals surface area contributed by atoms with E-state index in [1.807, 2.05) is 0 Å². The van der Waals surface area contributed by atoms with E-state index in [0.29, 0.717) is 0 Å². The van der Waals surface area contributed by atoms with Gasteiger partial charge < -0.3 is 88.1 Å². The number of carbonyl (C=O) groups excluding carboxylic acids is 1. The first kappa shape index (κ1) is 46.6. The molecule has 0 aromatic heterocycles. The Morgan fingerprint density at radius 2 is 1.24 bits per heavy atom. The Kier molecular flexibility index (Phi) is 18.8. The van der Waals surface area contributed by atoms with E-state index in [2.05, 4.69) is 5.32 Å². The average molecular weight is 782 g/mol. The van der Waals surface area contributed by atoms with E-state index in [-0.39, 0.29) is 25.9 Å². The van der Waals surface area contributed by atoms with Crippen LogP contribution in [0.2, 0.25) is 0 Å². The second-order valence-electron chi connectivity index (χ2n) is 11.2. The van der Waals surface area contributed by atoms with E-state index in [4.69, 9.17) is 76.9 Å². The van der Waals surface area contributed by atoms with Crippen LogP contribution in [-0.4, -0.2) is 199 Å². The van der Waals surface area contributed by atoms with Gasteiger partial charge in [-0.3, -0.25) is 23.0 Å². The SMILES string of the molecule is NCC[C@H](O)C(=O)N[C@@H]1C[C@H](N)[C@@H](OC2O[C@H](CN)[C@@H](O)[C@H](O)[C@H]2O)[C@H](O)[C@H]1OC1O[C@H](CO)C(O)[C@H](N)C1O.O=S(=O)(O)O.O=S(=O)(O)O. The van der Waals surface area contributed by atoms with E-state index in [0.717, 1.165) is 0 Å². The number of nitrogens with two attached hydrogens (primary N) is 4. The number of rotatable bonds is 10. The van der Waals surface area contributed by atoms with Gasteiger partial charge in [-0.15, -0.1) is 0 Å². The van der Waals surface area contributed by atoms with Crippen molar-refractivity contribution in [2.24, 2.45) is 22.9 Å². The van der Waals surface area contributed by atoms with Gasteiger partial charge in [0.2, 0.25) is 5.91 Å². The van der Waals surface area contributed by atoms with Crippen LogP contribution in [0.1, 0.15) is 12.8 Å². The van der Waals surface area contributed by atoms with Gasteiger partial charge in [-0.05, 0) is 19.4 Å². The van der Waals surface area contributed by atoms with Crippen molar-refractivity contribution in [3.8, 4) is 0 Å². The molecule has 3 aliphatic rings. The van der Waals surface area contributed by atoms with Crippen LogP contribution in [-0.2, 0) is 44.5 Å². The zero-order chi connectivity index (χ0) is 38.9. The van der Waals surface area contributed by atoms with E-state index < -0.39 is 131 Å². The molecule has 1 amide bonds. The highest BCUT2D eigenvalue weighted by Gasteiger charge is 2.52. The summed E-state index contributed by atoms with van der Waals surface area (Å²) in [6.07, 6.45) is -19.8. The molecule has 4 unspecified atom stereocenters. The number of aliphatic hydroxyl groups is 8. The zero-order valence-electron chi connectivity index (χ0n) is 25.9. The normalized spacial score (nSPS) is 40.0. The van der Waals surface area contributed by atoms with Crippen LogP contribution < -0.4 is 28.3 Å². The van der Waals surface area contributed by atoms with Crippen molar-refractivity contribution in [3.63, 3.8) is 0 Å². The summed E-state index contributed by atoms with van der Waals surface area (Å²) in [5.41, 5.74) is 23.1. The summed E-state index contributed by atoms with van der Waals surface area (Å²) < 4.78 is 85.7. The number of amides is 1. The molecule has 1 saturated carbocycles. The van der Waals surface area contributed by atoms with Crippen molar-refractivity contribution >= 4 is 26.7 Å². The summed E-state index contributed by atoms with van der Waals surface area (Å²) in [7, 11) is -9.33. The molecule has 2 aliphatic heterocycles. The quantitative estimate of drug-likeness (QED) is 0.0915. The fourth-order valence-electron chi connectivity index (χ4n) is 5.07. The minimum absolute atomic E-state index is 0.0101. The molecular formula is C22H47N5O21S2. The minimum atomic E-state index is -4.67. The van der Waals surface area contributed by atoms with Crippen LogP contribution in [0.15, 0.2) is 0 Å². The molecule has 0 spiro atoms. The van der Waals surface area contributed by atoms with Crippen LogP contribution in [0.5, 0.6) is 0 Å². The Morgan fingerprint density at radius 3 is 1.72 bits per heavy atom. The Bertz CT molecular complexity index is 1200. The second-order valence-corrected chi connectivity index (χ2v) is 13.0. The topological polar surface area (TPSA) is 481 Å². The van der Waals surface area contributed by atoms with Gasteiger partial charge in [0.1, 0.15) is 67.1 Å². The zero-order valence-corrected chi connectivity index (χ0v) is 27.6. The number of carbonyl (C=O) groups is 1. The van der Waals surface area contributed by atoms with Gasteiger partial charge in [-0.25, -0.2) is 0 Å². The molecular weight excluding hydrogens is 734 g/mol. The lowest BCUT2D eigenvalue weighted by Crippen LogP contribution is -2.69. The van der Waals surface area contributed by atoms with Crippen LogP contribution in [0.4, 0.5) is 0 Å². The van der Waals surface area contributed by atoms with Crippen molar-refractivity contribution < 1.29 is 99.6 Å². The minimum Gasteiger partial charge on any atom is -0.394 e. The maximum Gasteiger partial charge on any atom is 0.394 e. The second kappa shape index (κ2) is 20.1. The molecule has 0 radical (unpaired) electrons. The summed E-state index contributed by atoms with van der Waals surface area (Å²) in [4.78, 5) is 12.6. The summed E-state index contributed by atoms with van der Waals surface area (Å²) in [5, 5.41) is 84.9. The van der Waals surface area contributed by atoms with Crippen molar-refractivity contribution in [2.45, 2.75) is 111 Å². The summed E-state index contributed by atoms with van der Waals surface area (Å²) in [6.45, 7) is -0.898. The molecule has 16 atom stereocenters. The average Bonchev–Trinajstić information content (AvgIpc) is 2.99.